The van der Waals surface area contributed by atoms with Gasteiger partial charge in [-0.05, 0) is 68.5 Å². The highest BCUT2D eigenvalue weighted by atomic mass is 28.4. The lowest BCUT2D eigenvalue weighted by molar-refractivity contribution is -0.321. The first-order valence-corrected chi connectivity index (χ1v) is 22.2. The van der Waals surface area contributed by atoms with Crippen LogP contribution in [0.5, 0.6) is 0 Å². The fraction of sp³-hybridized carbons (Fsp3) is 0.824. The summed E-state index contributed by atoms with van der Waals surface area (Å²) in [6, 6.07) is 10.3. The standard InChI is InChI=1S/C34H60O7Si2/c1-32(2,3)42(9,10)37-21-19-25-27(41-43(11,12)33(4,5)6)22-28-29(39-25)31(35-23-24-16-14-13-15-17-24)30-26(38-28)18-20-36-34(7,8)40-30/h13-17,25-31H,18-23H2,1-12H3/t25-,26+,27+,28-,29-,30+,31+/m1/s1. The molecule has 0 N–H and O–H groups in total. The van der Waals surface area contributed by atoms with E-state index in [-0.39, 0.29) is 52.8 Å². The Balaban J connectivity index is 1.61. The van der Waals surface area contributed by atoms with Gasteiger partial charge in [0.1, 0.15) is 18.3 Å². The quantitative estimate of drug-likeness (QED) is 0.256. The predicted molar refractivity (Wildman–Crippen MR) is 176 cm³/mol. The van der Waals surface area contributed by atoms with Gasteiger partial charge in [-0.3, -0.25) is 0 Å². The van der Waals surface area contributed by atoms with E-state index < -0.39 is 22.4 Å². The topological polar surface area (TPSA) is 64.6 Å². The minimum atomic E-state index is -2.08. The molecule has 0 aliphatic carbocycles. The second kappa shape index (κ2) is 13.2. The number of ether oxygens (including phenoxy) is 5. The molecule has 43 heavy (non-hydrogen) atoms. The third-order valence-corrected chi connectivity index (χ3v) is 19.5. The highest BCUT2D eigenvalue weighted by Crippen LogP contribution is 2.44. The summed E-state index contributed by atoms with van der Waals surface area (Å²) in [6.45, 7) is 28.7. The van der Waals surface area contributed by atoms with Gasteiger partial charge in [0.25, 0.3) is 0 Å². The van der Waals surface area contributed by atoms with E-state index in [9.17, 15) is 0 Å². The molecule has 0 bridgehead atoms. The Bertz CT molecular complexity index is 1030. The molecule has 7 atom stereocenters. The Morgan fingerprint density at radius 1 is 0.860 bits per heavy atom. The van der Waals surface area contributed by atoms with Crippen molar-refractivity contribution in [1.29, 1.82) is 0 Å². The lowest BCUT2D eigenvalue weighted by Crippen LogP contribution is -2.66. The molecule has 3 aliphatic rings. The van der Waals surface area contributed by atoms with Crippen LogP contribution in [-0.2, 0) is 39.1 Å². The Hall–Kier alpha value is -0.626. The molecule has 3 heterocycles. The van der Waals surface area contributed by atoms with Gasteiger partial charge in [-0.1, -0.05) is 71.9 Å². The van der Waals surface area contributed by atoms with Crippen LogP contribution in [0.15, 0.2) is 30.3 Å². The molecule has 3 aliphatic heterocycles. The van der Waals surface area contributed by atoms with Gasteiger partial charge in [0.05, 0.1) is 37.6 Å². The van der Waals surface area contributed by atoms with Crippen molar-refractivity contribution in [3.05, 3.63) is 35.9 Å². The number of hydrogen-bond donors (Lipinski definition) is 0. The zero-order valence-corrected chi connectivity index (χ0v) is 31.0. The van der Waals surface area contributed by atoms with E-state index in [4.69, 9.17) is 32.5 Å². The fourth-order valence-electron chi connectivity index (χ4n) is 5.71. The van der Waals surface area contributed by atoms with Crippen LogP contribution in [0.25, 0.3) is 0 Å². The molecule has 0 aromatic heterocycles. The SMILES string of the molecule is CC1(C)OCC[C@@H]2O[C@@H]3C[C@H](O[Si](C)(C)C(C)(C)C)[C@@H](CCO[Si](C)(C)C(C)(C)C)O[C@H]3[C@H](OCc3ccccc3)[C@H]2O1. The maximum atomic E-state index is 7.11. The Morgan fingerprint density at radius 2 is 1.51 bits per heavy atom. The monoisotopic (exact) mass is 636 g/mol. The van der Waals surface area contributed by atoms with Crippen LogP contribution in [0.2, 0.25) is 36.3 Å². The van der Waals surface area contributed by atoms with Crippen LogP contribution in [-0.4, -0.2) is 78.4 Å². The van der Waals surface area contributed by atoms with Crippen molar-refractivity contribution in [1.82, 2.24) is 0 Å². The summed E-state index contributed by atoms with van der Waals surface area (Å²) in [4.78, 5) is 0. The maximum absolute atomic E-state index is 7.11. The van der Waals surface area contributed by atoms with Crippen LogP contribution >= 0.6 is 0 Å². The van der Waals surface area contributed by atoms with E-state index in [1.807, 2.05) is 32.0 Å². The summed E-state index contributed by atoms with van der Waals surface area (Å²) < 4.78 is 47.1. The zero-order chi connectivity index (χ0) is 31.8. The normalized spacial score (nSPS) is 32.0. The molecule has 0 spiro atoms. The van der Waals surface area contributed by atoms with Gasteiger partial charge in [0, 0.05) is 13.0 Å². The molecule has 246 valence electrons. The Labute approximate surface area is 263 Å². The number of hydrogen-bond acceptors (Lipinski definition) is 7. The summed E-state index contributed by atoms with van der Waals surface area (Å²) in [7, 11) is -3.98. The van der Waals surface area contributed by atoms with E-state index in [0.717, 1.165) is 24.8 Å². The van der Waals surface area contributed by atoms with Crippen LogP contribution in [0.4, 0.5) is 0 Å². The number of benzene rings is 1. The van der Waals surface area contributed by atoms with E-state index in [2.05, 4.69) is 79.9 Å². The van der Waals surface area contributed by atoms with Crippen molar-refractivity contribution < 1.29 is 32.5 Å². The molecule has 1 aromatic carbocycles. The summed E-state index contributed by atoms with van der Waals surface area (Å²) in [6.07, 6.45) is 0.903. The molecule has 0 saturated carbocycles. The fourth-order valence-corrected chi connectivity index (χ4v) is 8.13. The van der Waals surface area contributed by atoms with Gasteiger partial charge in [0.2, 0.25) is 0 Å². The second-order valence-electron chi connectivity index (χ2n) is 16.3. The van der Waals surface area contributed by atoms with Gasteiger partial charge in [0.15, 0.2) is 22.4 Å². The molecule has 3 saturated heterocycles. The molecule has 4 rings (SSSR count). The van der Waals surface area contributed by atoms with Gasteiger partial charge < -0.3 is 32.5 Å². The number of rotatable bonds is 9. The third-order valence-electron chi connectivity index (χ3n) is 10.4. The van der Waals surface area contributed by atoms with E-state index >= 15 is 0 Å². The summed E-state index contributed by atoms with van der Waals surface area (Å²) in [5.41, 5.74) is 1.13. The van der Waals surface area contributed by atoms with Gasteiger partial charge >= 0.3 is 0 Å². The summed E-state index contributed by atoms with van der Waals surface area (Å²) in [5.74, 6) is -0.733. The van der Waals surface area contributed by atoms with Gasteiger partial charge in [-0.15, -0.1) is 0 Å². The lowest BCUT2D eigenvalue weighted by Gasteiger charge is -2.53. The highest BCUT2D eigenvalue weighted by molar-refractivity contribution is 6.74. The van der Waals surface area contributed by atoms with Crippen molar-refractivity contribution in [2.45, 2.75) is 166 Å². The van der Waals surface area contributed by atoms with E-state index in [1.165, 1.54) is 0 Å². The molecule has 0 amide bonds. The Kier molecular flexibility index (Phi) is 10.8. The van der Waals surface area contributed by atoms with Crippen LogP contribution in [0, 0.1) is 0 Å². The minimum Gasteiger partial charge on any atom is -0.417 e. The van der Waals surface area contributed by atoms with Crippen molar-refractivity contribution in [2.24, 2.45) is 0 Å². The molecule has 7 nitrogen and oxygen atoms in total. The Morgan fingerprint density at radius 3 is 2.14 bits per heavy atom. The molecule has 3 fully saturated rings. The molecule has 0 unspecified atom stereocenters. The largest absolute Gasteiger partial charge is 0.417 e. The first-order chi connectivity index (χ1) is 19.8. The number of fused-ring (bicyclic) bond motifs is 2. The minimum absolute atomic E-state index is 0.0733. The van der Waals surface area contributed by atoms with Crippen molar-refractivity contribution in [3.63, 3.8) is 0 Å². The van der Waals surface area contributed by atoms with Crippen molar-refractivity contribution in [3.8, 4) is 0 Å². The molecular weight excluding hydrogens is 577 g/mol. The van der Waals surface area contributed by atoms with Crippen LogP contribution < -0.4 is 0 Å². The van der Waals surface area contributed by atoms with Crippen molar-refractivity contribution in [2.75, 3.05) is 13.2 Å². The third kappa shape index (κ3) is 8.60. The summed E-state index contributed by atoms with van der Waals surface area (Å²) in [5, 5.41) is 0.237. The smallest absolute Gasteiger partial charge is 0.192 e. The zero-order valence-electron chi connectivity index (χ0n) is 29.0. The van der Waals surface area contributed by atoms with E-state index in [1.54, 1.807) is 0 Å². The first kappa shape index (κ1) is 35.2. The highest BCUT2D eigenvalue weighted by Gasteiger charge is 2.55. The first-order valence-electron chi connectivity index (χ1n) is 16.4. The molecule has 1 aromatic rings. The van der Waals surface area contributed by atoms with Crippen LogP contribution in [0.1, 0.15) is 80.2 Å². The average Bonchev–Trinajstić information content (AvgIpc) is 3.03. The molecule has 0 radical (unpaired) electrons. The van der Waals surface area contributed by atoms with Crippen LogP contribution in [0.3, 0.4) is 0 Å². The van der Waals surface area contributed by atoms with Crippen molar-refractivity contribution >= 4 is 16.6 Å². The maximum Gasteiger partial charge on any atom is 0.192 e. The predicted octanol–water partition coefficient (Wildman–Crippen LogP) is 7.84. The molecule has 9 heteroatoms. The second-order valence-corrected chi connectivity index (χ2v) is 25.8. The summed E-state index contributed by atoms with van der Waals surface area (Å²) >= 11 is 0. The molecular formula is C34H60O7Si2. The van der Waals surface area contributed by atoms with E-state index in [0.29, 0.717) is 19.8 Å². The van der Waals surface area contributed by atoms with Gasteiger partial charge in [-0.2, -0.15) is 0 Å². The lowest BCUT2D eigenvalue weighted by atomic mass is 9.86. The van der Waals surface area contributed by atoms with Gasteiger partial charge in [-0.25, -0.2) is 0 Å². The average molecular weight is 637 g/mol.